The Morgan fingerprint density at radius 2 is 1.85 bits per heavy atom. The maximum Gasteiger partial charge on any atom is 0.255 e. The van der Waals surface area contributed by atoms with Crippen molar-refractivity contribution < 1.29 is 13.9 Å². The molecule has 0 bridgehead atoms. The fourth-order valence-corrected chi connectivity index (χ4v) is 4.31. The van der Waals surface area contributed by atoms with Gasteiger partial charge in [-0.15, -0.1) is 0 Å². The van der Waals surface area contributed by atoms with Crippen LogP contribution in [-0.4, -0.2) is 60.1 Å². The number of rotatable bonds is 9. The van der Waals surface area contributed by atoms with E-state index in [9.17, 15) is 9.18 Å². The molecule has 3 N–H and O–H groups in total. The Hall–Kier alpha value is -4.34. The Morgan fingerprint density at radius 3 is 2.64 bits per heavy atom. The van der Waals surface area contributed by atoms with Crippen molar-refractivity contribution in [1.29, 1.82) is 0 Å². The van der Waals surface area contributed by atoms with Crippen LogP contribution in [0.5, 0.6) is 5.75 Å². The van der Waals surface area contributed by atoms with Gasteiger partial charge >= 0.3 is 0 Å². The summed E-state index contributed by atoms with van der Waals surface area (Å²) in [4.78, 5) is 24.0. The number of carbonyl (C=O) groups is 1. The lowest BCUT2D eigenvalue weighted by atomic mass is 10.1. The summed E-state index contributed by atoms with van der Waals surface area (Å²) in [6.45, 7) is 7.32. The van der Waals surface area contributed by atoms with Crippen LogP contribution < -0.4 is 20.7 Å². The van der Waals surface area contributed by atoms with E-state index in [-0.39, 0.29) is 17.2 Å². The molecular weight excluding hydrogens is 495 g/mol. The number of carbonyl (C=O) groups excluding carboxylic acids is 1. The van der Waals surface area contributed by atoms with Gasteiger partial charge in [-0.05, 0) is 42.8 Å². The van der Waals surface area contributed by atoms with Crippen LogP contribution in [-0.2, 0) is 0 Å². The van der Waals surface area contributed by atoms with Crippen LogP contribution in [0.3, 0.4) is 0 Å². The van der Waals surface area contributed by atoms with Gasteiger partial charge in [0, 0.05) is 61.8 Å². The maximum absolute atomic E-state index is 15.0. The molecule has 2 heterocycles. The van der Waals surface area contributed by atoms with Crippen molar-refractivity contribution >= 4 is 23.2 Å². The number of hydrogen-bond acceptors (Lipinski definition) is 7. The fraction of sp³-hybridized carbons (Fsp3) is 0.233. The normalized spacial score (nSPS) is 13.6. The van der Waals surface area contributed by atoms with E-state index in [1.54, 1.807) is 24.4 Å². The number of aromatic nitrogens is 2. The Kier molecular flexibility index (Phi) is 8.40. The van der Waals surface area contributed by atoms with Crippen LogP contribution in [0.4, 0.5) is 21.7 Å². The molecule has 39 heavy (non-hydrogen) atoms. The third kappa shape index (κ3) is 6.95. The number of hydrogen-bond donors (Lipinski definition) is 3. The number of piperazine rings is 1. The van der Waals surface area contributed by atoms with Gasteiger partial charge in [0.1, 0.15) is 18.2 Å². The molecule has 0 unspecified atom stereocenters. The molecule has 200 valence electrons. The second-order valence-electron chi connectivity index (χ2n) is 9.32. The molecule has 8 nitrogen and oxygen atoms in total. The van der Waals surface area contributed by atoms with Crippen molar-refractivity contribution in [3.8, 4) is 17.0 Å². The van der Waals surface area contributed by atoms with Gasteiger partial charge < -0.3 is 20.7 Å². The van der Waals surface area contributed by atoms with Gasteiger partial charge in [0.2, 0.25) is 5.95 Å². The molecule has 0 atom stereocenters. The number of benzene rings is 3. The van der Waals surface area contributed by atoms with E-state index in [2.05, 4.69) is 30.8 Å². The Labute approximate surface area is 227 Å². The van der Waals surface area contributed by atoms with Gasteiger partial charge in [-0.2, -0.15) is 0 Å². The molecule has 5 rings (SSSR count). The van der Waals surface area contributed by atoms with Crippen molar-refractivity contribution in [2.24, 2.45) is 0 Å². The van der Waals surface area contributed by atoms with Crippen molar-refractivity contribution in [2.45, 2.75) is 6.92 Å². The van der Waals surface area contributed by atoms with E-state index in [4.69, 9.17) is 4.74 Å². The number of aryl methyl sites for hydroxylation is 1. The average Bonchev–Trinajstić information content (AvgIpc) is 2.97. The van der Waals surface area contributed by atoms with E-state index in [0.29, 0.717) is 18.0 Å². The average molecular weight is 527 g/mol. The van der Waals surface area contributed by atoms with E-state index in [1.165, 1.54) is 12.1 Å². The molecule has 0 spiro atoms. The molecular formula is C30H31FN6O2. The van der Waals surface area contributed by atoms with E-state index < -0.39 is 11.7 Å². The summed E-state index contributed by atoms with van der Waals surface area (Å²) in [6.07, 6.45) is 1.61. The monoisotopic (exact) mass is 526 g/mol. The van der Waals surface area contributed by atoms with Gasteiger partial charge in [0.25, 0.3) is 5.91 Å². The number of nitrogens with one attached hydrogen (secondary N) is 3. The van der Waals surface area contributed by atoms with Crippen molar-refractivity contribution in [3.63, 3.8) is 0 Å². The van der Waals surface area contributed by atoms with Crippen LogP contribution in [0.15, 0.2) is 79.0 Å². The Morgan fingerprint density at radius 1 is 1.03 bits per heavy atom. The van der Waals surface area contributed by atoms with Gasteiger partial charge in [-0.25, -0.2) is 14.4 Å². The van der Waals surface area contributed by atoms with Crippen molar-refractivity contribution in [2.75, 3.05) is 50.0 Å². The molecule has 0 radical (unpaired) electrons. The number of halogens is 1. The van der Waals surface area contributed by atoms with Crippen molar-refractivity contribution in [1.82, 2.24) is 20.2 Å². The lowest BCUT2D eigenvalue weighted by Gasteiger charge is -2.27. The molecule has 1 aromatic heterocycles. The predicted octanol–water partition coefficient (Wildman–Crippen LogP) is 4.87. The van der Waals surface area contributed by atoms with E-state index >= 15 is 0 Å². The molecule has 0 aliphatic carbocycles. The molecule has 4 aromatic rings. The van der Waals surface area contributed by atoms with Gasteiger partial charge in [-0.1, -0.05) is 36.4 Å². The Bertz CT molecular complexity index is 1430. The summed E-state index contributed by atoms with van der Waals surface area (Å²) in [5, 5.41) is 9.12. The second kappa shape index (κ2) is 12.5. The first-order valence-electron chi connectivity index (χ1n) is 13.0. The Balaban J connectivity index is 1.21. The highest BCUT2D eigenvalue weighted by Crippen LogP contribution is 2.25. The van der Waals surface area contributed by atoms with Crippen LogP contribution in [0.25, 0.3) is 11.3 Å². The quantitative estimate of drug-likeness (QED) is 0.287. The zero-order valence-electron chi connectivity index (χ0n) is 21.8. The standard InChI is InChI=1S/C30H31FN6O2/c1-21-7-9-24(39-18-17-37-15-13-32-14-16-37)20-28(21)34-29(38)23-8-10-27(25(31)19-23)36-30-33-12-11-26(35-30)22-5-3-2-4-6-22/h2-12,19-20,32H,13-18H2,1H3,(H,34,38)(H,33,35,36). The summed E-state index contributed by atoms with van der Waals surface area (Å²) >= 11 is 0. The first-order valence-corrected chi connectivity index (χ1v) is 13.0. The first kappa shape index (κ1) is 26.3. The van der Waals surface area contributed by atoms with Gasteiger partial charge in [0.05, 0.1) is 11.4 Å². The van der Waals surface area contributed by atoms with Gasteiger partial charge in [-0.3, -0.25) is 9.69 Å². The summed E-state index contributed by atoms with van der Waals surface area (Å²) < 4.78 is 20.9. The number of anilines is 3. The lowest BCUT2D eigenvalue weighted by molar-refractivity contribution is 0.102. The molecule has 0 saturated carbocycles. The highest BCUT2D eigenvalue weighted by molar-refractivity contribution is 6.05. The summed E-state index contributed by atoms with van der Waals surface area (Å²) in [5.74, 6) is -0.0618. The predicted molar refractivity (Wildman–Crippen MR) is 151 cm³/mol. The molecule has 3 aromatic carbocycles. The van der Waals surface area contributed by atoms with Gasteiger partial charge in [0.15, 0.2) is 0 Å². The van der Waals surface area contributed by atoms with Crippen LogP contribution >= 0.6 is 0 Å². The number of amides is 1. The third-order valence-electron chi connectivity index (χ3n) is 6.55. The lowest BCUT2D eigenvalue weighted by Crippen LogP contribution is -2.44. The minimum absolute atomic E-state index is 0.174. The number of ether oxygens (including phenoxy) is 1. The third-order valence-corrected chi connectivity index (χ3v) is 6.55. The minimum Gasteiger partial charge on any atom is -0.492 e. The van der Waals surface area contributed by atoms with Crippen LogP contribution in [0.1, 0.15) is 15.9 Å². The highest BCUT2D eigenvalue weighted by Gasteiger charge is 2.14. The summed E-state index contributed by atoms with van der Waals surface area (Å²) in [7, 11) is 0. The topological polar surface area (TPSA) is 91.4 Å². The van der Waals surface area contributed by atoms with E-state index in [0.717, 1.165) is 49.5 Å². The molecule has 1 fully saturated rings. The molecule has 1 amide bonds. The smallest absolute Gasteiger partial charge is 0.255 e. The zero-order chi connectivity index (χ0) is 27.0. The SMILES string of the molecule is Cc1ccc(OCCN2CCNCC2)cc1NC(=O)c1ccc(Nc2nccc(-c3ccccc3)n2)c(F)c1. The second-order valence-corrected chi connectivity index (χ2v) is 9.32. The molecule has 1 saturated heterocycles. The van der Waals surface area contributed by atoms with Crippen LogP contribution in [0, 0.1) is 12.7 Å². The summed E-state index contributed by atoms with van der Waals surface area (Å²) in [6, 6.07) is 21.3. The maximum atomic E-state index is 15.0. The molecule has 1 aliphatic heterocycles. The van der Waals surface area contributed by atoms with E-state index in [1.807, 2.05) is 49.4 Å². The van der Waals surface area contributed by atoms with Crippen molar-refractivity contribution in [3.05, 3.63) is 95.9 Å². The van der Waals surface area contributed by atoms with Crippen LogP contribution in [0.2, 0.25) is 0 Å². The molecule has 1 aliphatic rings. The molecule has 9 heteroatoms. The fourth-order valence-electron chi connectivity index (χ4n) is 4.31. The largest absolute Gasteiger partial charge is 0.492 e. The summed E-state index contributed by atoms with van der Waals surface area (Å²) in [5.41, 5.74) is 3.52. The number of nitrogens with zero attached hydrogens (tertiary/aromatic N) is 3. The minimum atomic E-state index is -0.585. The zero-order valence-corrected chi connectivity index (χ0v) is 21.8. The first-order chi connectivity index (χ1) is 19.0. The highest BCUT2D eigenvalue weighted by atomic mass is 19.1.